The minimum atomic E-state index is -0.239. The normalized spacial score (nSPS) is 12.8. The lowest BCUT2D eigenvalue weighted by Crippen LogP contribution is -2.32. The minimum absolute atomic E-state index is 0.0208. The molecule has 1 aliphatic rings. The summed E-state index contributed by atoms with van der Waals surface area (Å²) < 4.78 is 0. The Morgan fingerprint density at radius 1 is 1.12 bits per heavy atom. The number of urea groups is 1. The van der Waals surface area contributed by atoms with Crippen molar-refractivity contribution in [2.75, 3.05) is 16.8 Å². The molecular formula is C20H23N3O2. The first-order valence-electron chi connectivity index (χ1n) is 8.57. The zero-order valence-corrected chi connectivity index (χ0v) is 14.6. The van der Waals surface area contributed by atoms with Crippen molar-refractivity contribution >= 4 is 23.3 Å². The first kappa shape index (κ1) is 17.0. The lowest BCUT2D eigenvalue weighted by molar-refractivity contribution is -0.121. The van der Waals surface area contributed by atoms with Crippen LogP contribution in [0.3, 0.4) is 0 Å². The van der Waals surface area contributed by atoms with Gasteiger partial charge in [0.2, 0.25) is 5.91 Å². The van der Waals surface area contributed by atoms with E-state index in [2.05, 4.69) is 10.6 Å². The van der Waals surface area contributed by atoms with Gasteiger partial charge in [-0.05, 0) is 35.7 Å². The van der Waals surface area contributed by atoms with Crippen LogP contribution in [0.2, 0.25) is 0 Å². The van der Waals surface area contributed by atoms with Gasteiger partial charge < -0.3 is 15.5 Å². The van der Waals surface area contributed by atoms with E-state index in [-0.39, 0.29) is 17.9 Å². The summed E-state index contributed by atoms with van der Waals surface area (Å²) in [6.07, 6.45) is 0.814. The topological polar surface area (TPSA) is 61.4 Å². The Balaban J connectivity index is 1.61. The molecule has 3 rings (SSSR count). The molecule has 5 nitrogen and oxygen atoms in total. The number of carbonyl (C=O) groups is 2. The predicted octanol–water partition coefficient (Wildman–Crippen LogP) is 3.55. The number of nitrogens with zero attached hydrogens (tertiary/aromatic N) is 1. The van der Waals surface area contributed by atoms with Gasteiger partial charge in [-0.1, -0.05) is 44.2 Å². The fourth-order valence-corrected chi connectivity index (χ4v) is 2.97. The maximum absolute atomic E-state index is 12.2. The van der Waals surface area contributed by atoms with E-state index in [0.717, 1.165) is 28.9 Å². The van der Waals surface area contributed by atoms with E-state index >= 15 is 0 Å². The molecule has 0 bridgehead atoms. The van der Waals surface area contributed by atoms with E-state index in [0.29, 0.717) is 13.1 Å². The summed E-state index contributed by atoms with van der Waals surface area (Å²) in [6, 6.07) is 15.2. The van der Waals surface area contributed by atoms with Crippen LogP contribution in [0.25, 0.3) is 0 Å². The average Bonchev–Trinajstić information content (AvgIpc) is 3.03. The molecule has 130 valence electrons. The number of amides is 3. The molecule has 2 N–H and O–H groups in total. The molecule has 0 aromatic heterocycles. The third-order valence-corrected chi connectivity index (χ3v) is 4.29. The molecule has 3 amide bonds. The van der Waals surface area contributed by atoms with Crippen molar-refractivity contribution in [2.45, 2.75) is 26.8 Å². The second kappa shape index (κ2) is 7.38. The van der Waals surface area contributed by atoms with Gasteiger partial charge in [0, 0.05) is 30.4 Å². The van der Waals surface area contributed by atoms with Gasteiger partial charge in [-0.2, -0.15) is 0 Å². The van der Waals surface area contributed by atoms with Crippen LogP contribution in [0.4, 0.5) is 16.2 Å². The summed E-state index contributed by atoms with van der Waals surface area (Å²) in [4.78, 5) is 26.1. The first-order chi connectivity index (χ1) is 12.0. The van der Waals surface area contributed by atoms with Crippen molar-refractivity contribution in [1.29, 1.82) is 0 Å². The monoisotopic (exact) mass is 337 g/mol. The molecule has 25 heavy (non-hydrogen) atoms. The molecular weight excluding hydrogens is 314 g/mol. The van der Waals surface area contributed by atoms with Crippen LogP contribution in [0, 0.1) is 5.92 Å². The van der Waals surface area contributed by atoms with Crippen LogP contribution in [-0.2, 0) is 17.8 Å². The molecule has 2 aromatic carbocycles. The number of rotatable bonds is 4. The lowest BCUT2D eigenvalue weighted by Gasteiger charge is -2.19. The summed E-state index contributed by atoms with van der Waals surface area (Å²) in [6.45, 7) is 5.00. The first-order valence-corrected chi connectivity index (χ1v) is 8.57. The third kappa shape index (κ3) is 3.99. The highest BCUT2D eigenvalue weighted by Gasteiger charge is 2.26. The SMILES string of the molecule is CC(C)C(=O)N1CCc2cc(NC(=O)NCc3ccccc3)ccc21. The number of carbonyl (C=O) groups excluding carboxylic acids is 2. The highest BCUT2D eigenvalue weighted by atomic mass is 16.2. The molecule has 2 aromatic rings. The van der Waals surface area contributed by atoms with Gasteiger partial charge in [0.05, 0.1) is 0 Å². The van der Waals surface area contributed by atoms with E-state index < -0.39 is 0 Å². The largest absolute Gasteiger partial charge is 0.334 e. The molecule has 0 saturated heterocycles. The predicted molar refractivity (Wildman–Crippen MR) is 99.6 cm³/mol. The second-order valence-electron chi connectivity index (χ2n) is 6.53. The van der Waals surface area contributed by atoms with E-state index in [1.807, 2.05) is 67.3 Å². The van der Waals surface area contributed by atoms with Crippen molar-refractivity contribution in [3.05, 3.63) is 59.7 Å². The Bertz CT molecular complexity index is 772. The molecule has 5 heteroatoms. The fourth-order valence-electron chi connectivity index (χ4n) is 2.97. The second-order valence-corrected chi connectivity index (χ2v) is 6.53. The molecule has 0 spiro atoms. The van der Waals surface area contributed by atoms with Gasteiger partial charge in [0.1, 0.15) is 0 Å². The van der Waals surface area contributed by atoms with Gasteiger partial charge in [-0.3, -0.25) is 4.79 Å². The highest BCUT2D eigenvalue weighted by Crippen LogP contribution is 2.31. The van der Waals surface area contributed by atoms with Crippen molar-refractivity contribution < 1.29 is 9.59 Å². The van der Waals surface area contributed by atoms with Gasteiger partial charge >= 0.3 is 6.03 Å². The lowest BCUT2D eigenvalue weighted by atomic mass is 10.1. The van der Waals surface area contributed by atoms with Crippen LogP contribution in [0.5, 0.6) is 0 Å². The zero-order chi connectivity index (χ0) is 17.8. The summed E-state index contributed by atoms with van der Waals surface area (Å²) >= 11 is 0. The Labute approximate surface area is 148 Å². The fraction of sp³-hybridized carbons (Fsp3) is 0.300. The molecule has 1 heterocycles. The van der Waals surface area contributed by atoms with E-state index in [1.165, 1.54) is 0 Å². The molecule has 1 aliphatic heterocycles. The molecule has 0 unspecified atom stereocenters. The highest BCUT2D eigenvalue weighted by molar-refractivity contribution is 5.97. The molecule has 0 fully saturated rings. The number of hydrogen-bond donors (Lipinski definition) is 2. The maximum Gasteiger partial charge on any atom is 0.319 e. The average molecular weight is 337 g/mol. The molecule has 0 atom stereocenters. The number of benzene rings is 2. The standard InChI is InChI=1S/C20H23N3O2/c1-14(2)19(24)23-11-10-16-12-17(8-9-18(16)23)22-20(25)21-13-15-6-4-3-5-7-15/h3-9,12,14H,10-11,13H2,1-2H3,(H2,21,22,25). The zero-order valence-electron chi connectivity index (χ0n) is 14.6. The van der Waals surface area contributed by atoms with E-state index in [1.54, 1.807) is 0 Å². The minimum Gasteiger partial charge on any atom is -0.334 e. The summed E-state index contributed by atoms with van der Waals surface area (Å²) in [7, 11) is 0. The van der Waals surface area contributed by atoms with Crippen LogP contribution in [0.1, 0.15) is 25.0 Å². The smallest absolute Gasteiger partial charge is 0.319 e. The molecule has 0 aliphatic carbocycles. The van der Waals surface area contributed by atoms with Crippen molar-refractivity contribution in [2.24, 2.45) is 5.92 Å². The Kier molecular flexibility index (Phi) is 5.03. The third-order valence-electron chi connectivity index (χ3n) is 4.29. The van der Waals surface area contributed by atoms with Crippen LogP contribution in [-0.4, -0.2) is 18.5 Å². The number of anilines is 2. The number of nitrogens with one attached hydrogen (secondary N) is 2. The summed E-state index contributed by atoms with van der Waals surface area (Å²) in [5.41, 5.74) is 3.83. The quantitative estimate of drug-likeness (QED) is 0.896. The Morgan fingerprint density at radius 2 is 1.88 bits per heavy atom. The maximum atomic E-state index is 12.2. The van der Waals surface area contributed by atoms with E-state index in [9.17, 15) is 9.59 Å². The van der Waals surface area contributed by atoms with Gasteiger partial charge in [-0.15, -0.1) is 0 Å². The van der Waals surface area contributed by atoms with Crippen LogP contribution in [0.15, 0.2) is 48.5 Å². The number of fused-ring (bicyclic) bond motifs is 1. The molecule has 0 radical (unpaired) electrons. The van der Waals surface area contributed by atoms with Crippen molar-refractivity contribution in [3.8, 4) is 0 Å². The van der Waals surface area contributed by atoms with Gasteiger partial charge in [0.15, 0.2) is 0 Å². The van der Waals surface area contributed by atoms with Gasteiger partial charge in [0.25, 0.3) is 0 Å². The van der Waals surface area contributed by atoms with Gasteiger partial charge in [-0.25, -0.2) is 4.79 Å². The van der Waals surface area contributed by atoms with Crippen LogP contribution < -0.4 is 15.5 Å². The Morgan fingerprint density at radius 3 is 2.60 bits per heavy atom. The summed E-state index contributed by atoms with van der Waals surface area (Å²) in [5, 5.41) is 5.70. The van der Waals surface area contributed by atoms with E-state index in [4.69, 9.17) is 0 Å². The van der Waals surface area contributed by atoms with Crippen molar-refractivity contribution in [3.63, 3.8) is 0 Å². The molecule has 0 saturated carbocycles. The van der Waals surface area contributed by atoms with Crippen molar-refractivity contribution in [1.82, 2.24) is 5.32 Å². The Hall–Kier alpha value is -2.82. The van der Waals surface area contributed by atoms with Crippen LogP contribution >= 0.6 is 0 Å². The number of hydrogen-bond acceptors (Lipinski definition) is 2. The summed E-state index contributed by atoms with van der Waals surface area (Å²) in [5.74, 6) is 0.118.